The van der Waals surface area contributed by atoms with Crippen LogP contribution in [0.15, 0.2) is 170 Å². The zero-order valence-electron chi connectivity index (χ0n) is 23.5. The first-order valence-corrected chi connectivity index (χ1v) is 16.5. The Bertz CT molecular complexity index is 1990. The van der Waals surface area contributed by atoms with Gasteiger partial charge in [0.05, 0.1) is 5.69 Å². The molecule has 0 fully saturated rings. The van der Waals surface area contributed by atoms with Gasteiger partial charge in [0.25, 0.3) is 0 Å². The first-order valence-electron chi connectivity index (χ1n) is 14.5. The number of anilines is 3. The van der Waals surface area contributed by atoms with Gasteiger partial charge in [-0.3, -0.25) is 4.98 Å². The fourth-order valence-electron chi connectivity index (χ4n) is 6.65. The van der Waals surface area contributed by atoms with E-state index < -0.39 is 8.07 Å². The molecule has 8 rings (SSSR count). The lowest BCUT2D eigenvalue weighted by atomic mass is 10.1. The van der Waals surface area contributed by atoms with Crippen molar-refractivity contribution in [2.24, 2.45) is 0 Å². The number of fused-ring (bicyclic) bond motifs is 3. The summed E-state index contributed by atoms with van der Waals surface area (Å²) >= 11 is 0. The van der Waals surface area contributed by atoms with E-state index in [1.807, 2.05) is 35.4 Å². The Hall–Kier alpha value is -5.52. The SMILES string of the molecule is c1ccc(N(c2cccc(-n3cccn3)c2)c2cccc([Si]3(c4ccccn4)c4ccccc4-c4ccccc43)c2)cc1. The molecule has 0 saturated carbocycles. The number of aromatic nitrogens is 3. The van der Waals surface area contributed by atoms with Gasteiger partial charge in [-0.05, 0) is 87.4 Å². The standard InChI is InChI=1S/C38H28N4Si/c1-2-13-29(14-3-1)42(31-16-10-15-30(27-31)41-26-12-25-40-41)32-17-11-18-33(28-32)43(38-23-8-9-24-39-38)36-21-6-4-19-34(36)35-20-5-7-22-37(35)43/h1-28H. The molecule has 1 aliphatic heterocycles. The minimum absolute atomic E-state index is 1.01. The first-order chi connectivity index (χ1) is 21.3. The van der Waals surface area contributed by atoms with Gasteiger partial charge >= 0.3 is 0 Å². The van der Waals surface area contributed by atoms with Gasteiger partial charge < -0.3 is 4.90 Å². The quantitative estimate of drug-likeness (QED) is 0.228. The second-order valence-electron chi connectivity index (χ2n) is 10.7. The van der Waals surface area contributed by atoms with E-state index in [1.54, 1.807) is 0 Å². The van der Waals surface area contributed by atoms with Crippen LogP contribution in [0.4, 0.5) is 17.1 Å². The summed E-state index contributed by atoms with van der Waals surface area (Å²) in [5.74, 6) is 0. The van der Waals surface area contributed by atoms with Gasteiger partial charge in [-0.1, -0.05) is 91.0 Å². The van der Waals surface area contributed by atoms with Crippen LogP contribution in [0.1, 0.15) is 0 Å². The minimum atomic E-state index is -2.71. The fourth-order valence-corrected chi connectivity index (χ4v) is 11.7. The van der Waals surface area contributed by atoms with E-state index in [0.717, 1.165) is 28.1 Å². The number of rotatable bonds is 6. The van der Waals surface area contributed by atoms with Crippen LogP contribution in [0.5, 0.6) is 0 Å². The van der Waals surface area contributed by atoms with Gasteiger partial charge in [-0.15, -0.1) is 0 Å². The van der Waals surface area contributed by atoms with Gasteiger partial charge in [0, 0.05) is 41.0 Å². The Morgan fingerprint density at radius 3 is 1.86 bits per heavy atom. The lowest BCUT2D eigenvalue weighted by Crippen LogP contribution is -2.73. The van der Waals surface area contributed by atoms with Gasteiger partial charge in [-0.25, -0.2) is 4.68 Å². The molecule has 1 aliphatic rings. The molecule has 0 atom stereocenters. The highest BCUT2D eigenvalue weighted by Crippen LogP contribution is 2.36. The smallest absolute Gasteiger partial charge is 0.203 e. The lowest BCUT2D eigenvalue weighted by Gasteiger charge is -2.32. The van der Waals surface area contributed by atoms with Crippen molar-refractivity contribution in [1.29, 1.82) is 0 Å². The molecule has 0 N–H and O–H groups in total. The maximum atomic E-state index is 5.08. The van der Waals surface area contributed by atoms with Crippen LogP contribution in [0.3, 0.4) is 0 Å². The predicted molar refractivity (Wildman–Crippen MR) is 179 cm³/mol. The second kappa shape index (κ2) is 10.4. The normalized spacial score (nSPS) is 12.8. The number of pyridine rings is 1. The van der Waals surface area contributed by atoms with Crippen molar-refractivity contribution in [2.45, 2.75) is 0 Å². The molecule has 3 heterocycles. The van der Waals surface area contributed by atoms with E-state index in [1.165, 1.54) is 26.7 Å². The summed E-state index contributed by atoms with van der Waals surface area (Å²) < 4.78 is 1.90. The summed E-state index contributed by atoms with van der Waals surface area (Å²) in [6.07, 6.45) is 5.72. The molecule has 0 aliphatic carbocycles. The van der Waals surface area contributed by atoms with E-state index in [2.05, 4.69) is 150 Å². The second-order valence-corrected chi connectivity index (χ2v) is 14.4. The first kappa shape index (κ1) is 25.2. The Morgan fingerprint density at radius 2 is 1.16 bits per heavy atom. The molecule has 204 valence electrons. The number of nitrogens with zero attached hydrogens (tertiary/aromatic N) is 4. The monoisotopic (exact) mass is 568 g/mol. The fraction of sp³-hybridized carbons (Fsp3) is 0. The van der Waals surface area contributed by atoms with E-state index in [4.69, 9.17) is 4.98 Å². The molecule has 4 nitrogen and oxygen atoms in total. The molecule has 0 spiro atoms. The van der Waals surface area contributed by atoms with Crippen LogP contribution >= 0.6 is 0 Å². The number of benzene rings is 5. The van der Waals surface area contributed by atoms with Gasteiger partial charge in [0.1, 0.15) is 0 Å². The Balaban J connectivity index is 1.38. The largest absolute Gasteiger partial charge is 0.310 e. The van der Waals surface area contributed by atoms with Crippen LogP contribution in [-0.2, 0) is 0 Å². The summed E-state index contributed by atoms with van der Waals surface area (Å²) in [5, 5.41) is 9.72. The lowest BCUT2D eigenvalue weighted by molar-refractivity contribution is 0.880. The maximum absolute atomic E-state index is 5.08. The highest BCUT2D eigenvalue weighted by molar-refractivity contribution is 7.21. The molecule has 7 aromatic rings. The predicted octanol–water partition coefficient (Wildman–Crippen LogP) is 6.09. The van der Waals surface area contributed by atoms with Crippen LogP contribution in [0.2, 0.25) is 0 Å². The van der Waals surface area contributed by atoms with Crippen molar-refractivity contribution in [2.75, 3.05) is 4.90 Å². The summed E-state index contributed by atoms with van der Waals surface area (Å²) in [4.78, 5) is 7.41. The molecule has 0 unspecified atom stereocenters. The molecule has 43 heavy (non-hydrogen) atoms. The van der Waals surface area contributed by atoms with Crippen LogP contribution < -0.4 is 25.8 Å². The highest BCUT2D eigenvalue weighted by Gasteiger charge is 2.49. The Labute approximate surface area is 252 Å². The summed E-state index contributed by atoms with van der Waals surface area (Å²) in [6.45, 7) is 0. The highest BCUT2D eigenvalue weighted by atomic mass is 28.3. The summed E-state index contributed by atoms with van der Waals surface area (Å²) in [7, 11) is -2.71. The molecular weight excluding hydrogens is 541 g/mol. The molecule has 0 amide bonds. The van der Waals surface area contributed by atoms with Gasteiger partial charge in [0.15, 0.2) is 0 Å². The van der Waals surface area contributed by atoms with Crippen molar-refractivity contribution in [1.82, 2.24) is 14.8 Å². The van der Waals surface area contributed by atoms with Crippen molar-refractivity contribution >= 4 is 46.0 Å². The Morgan fingerprint density at radius 1 is 0.512 bits per heavy atom. The molecule has 2 aromatic heterocycles. The third-order valence-electron chi connectivity index (χ3n) is 8.41. The third-order valence-corrected chi connectivity index (χ3v) is 13.1. The minimum Gasteiger partial charge on any atom is -0.310 e. The number of hydrogen-bond donors (Lipinski definition) is 0. The third kappa shape index (κ3) is 4.05. The molecular formula is C38H28N4Si. The van der Waals surface area contributed by atoms with Crippen molar-refractivity contribution in [3.05, 3.63) is 170 Å². The number of hydrogen-bond acceptors (Lipinski definition) is 3. The van der Waals surface area contributed by atoms with E-state index in [0.29, 0.717) is 0 Å². The molecule has 5 heteroatoms. The van der Waals surface area contributed by atoms with Crippen molar-refractivity contribution in [3.63, 3.8) is 0 Å². The van der Waals surface area contributed by atoms with Gasteiger partial charge in [0.2, 0.25) is 8.07 Å². The zero-order chi connectivity index (χ0) is 28.6. The molecule has 0 radical (unpaired) electrons. The van der Waals surface area contributed by atoms with Gasteiger partial charge in [-0.2, -0.15) is 5.10 Å². The molecule has 0 bridgehead atoms. The maximum Gasteiger partial charge on any atom is 0.203 e. The van der Waals surface area contributed by atoms with E-state index >= 15 is 0 Å². The topological polar surface area (TPSA) is 34.0 Å². The molecule has 5 aromatic carbocycles. The van der Waals surface area contributed by atoms with Crippen LogP contribution in [-0.4, -0.2) is 22.8 Å². The van der Waals surface area contributed by atoms with E-state index in [9.17, 15) is 0 Å². The molecule has 0 saturated heterocycles. The van der Waals surface area contributed by atoms with Crippen LogP contribution in [0.25, 0.3) is 16.8 Å². The summed E-state index contributed by atoms with van der Waals surface area (Å²) in [6, 6.07) is 54.4. The van der Waals surface area contributed by atoms with Crippen LogP contribution in [0, 0.1) is 0 Å². The zero-order valence-corrected chi connectivity index (χ0v) is 24.5. The average Bonchev–Trinajstić information content (AvgIpc) is 3.72. The Kier molecular flexibility index (Phi) is 6.09. The summed E-state index contributed by atoms with van der Waals surface area (Å²) in [5.41, 5.74) is 6.90. The van der Waals surface area contributed by atoms with Crippen molar-refractivity contribution in [3.8, 4) is 16.8 Å². The number of para-hydroxylation sites is 1. The average molecular weight is 569 g/mol. The van der Waals surface area contributed by atoms with Crippen molar-refractivity contribution < 1.29 is 0 Å². The van der Waals surface area contributed by atoms with E-state index in [-0.39, 0.29) is 0 Å².